The molecule has 1 fully saturated rings. The highest BCUT2D eigenvalue weighted by Gasteiger charge is 2.51. The number of amides is 1. The average Bonchev–Trinajstić information content (AvgIpc) is 2.76. The maximum absolute atomic E-state index is 12.5. The van der Waals surface area contributed by atoms with Crippen LogP contribution < -0.4 is 5.32 Å². The Hall–Kier alpha value is -2.13. The highest BCUT2D eigenvalue weighted by Crippen LogP contribution is 2.50. The van der Waals surface area contributed by atoms with Crippen molar-refractivity contribution in [2.45, 2.75) is 19.6 Å². The van der Waals surface area contributed by atoms with E-state index in [1.54, 1.807) is 0 Å². The van der Waals surface area contributed by atoms with Crippen LogP contribution in [-0.2, 0) is 15.3 Å². The van der Waals surface area contributed by atoms with E-state index in [1.165, 1.54) is 0 Å². The molecule has 0 aromatic heterocycles. The van der Waals surface area contributed by atoms with Crippen molar-refractivity contribution in [1.82, 2.24) is 5.32 Å². The van der Waals surface area contributed by atoms with Gasteiger partial charge in [-0.25, -0.2) is 0 Å². The predicted molar refractivity (Wildman–Crippen MR) is 80.5 cm³/mol. The summed E-state index contributed by atoms with van der Waals surface area (Å²) in [6, 6.07) is 16.2. The third-order valence-corrected chi connectivity index (χ3v) is 4.46. The van der Waals surface area contributed by atoms with Crippen LogP contribution in [-0.4, -0.2) is 12.5 Å². The molecule has 2 aromatic carbocycles. The maximum atomic E-state index is 12.5. The van der Waals surface area contributed by atoms with Gasteiger partial charge in [-0.3, -0.25) is 4.79 Å². The molecule has 21 heavy (non-hydrogen) atoms. The topological polar surface area (TPSA) is 38.3 Å². The van der Waals surface area contributed by atoms with Crippen molar-refractivity contribution in [2.24, 2.45) is 5.41 Å². The van der Waals surface area contributed by atoms with Crippen LogP contribution in [0.5, 0.6) is 0 Å². The van der Waals surface area contributed by atoms with Gasteiger partial charge < -0.3 is 10.1 Å². The van der Waals surface area contributed by atoms with Gasteiger partial charge in [0.25, 0.3) is 0 Å². The Bertz CT molecular complexity index is 703. The number of hydrogen-bond acceptors (Lipinski definition) is 2. The Balaban J connectivity index is 1.96. The Kier molecular flexibility index (Phi) is 2.37. The number of hydrogen-bond donors (Lipinski definition) is 1. The van der Waals surface area contributed by atoms with Gasteiger partial charge in [-0.15, -0.1) is 0 Å². The minimum absolute atomic E-state index is 0.0280. The van der Waals surface area contributed by atoms with Crippen LogP contribution in [0.2, 0.25) is 0 Å². The molecule has 3 nitrogen and oxygen atoms in total. The number of carbonyl (C=O) groups excluding carboxylic acids is 1. The highest BCUT2D eigenvalue weighted by molar-refractivity contribution is 5.88. The molecule has 1 aliphatic heterocycles. The Morgan fingerprint density at radius 2 is 1.48 bits per heavy atom. The van der Waals surface area contributed by atoms with E-state index in [-0.39, 0.29) is 5.91 Å². The maximum Gasteiger partial charge on any atom is 0.230 e. The van der Waals surface area contributed by atoms with E-state index in [4.69, 9.17) is 4.74 Å². The SMILES string of the molecule is CC1(C)COC2(NC1=O)c1ccccc1-c1ccccc12. The first-order chi connectivity index (χ1) is 10.0. The number of nitrogens with one attached hydrogen (secondary N) is 1. The summed E-state index contributed by atoms with van der Waals surface area (Å²) in [5.41, 5.74) is 2.98. The van der Waals surface area contributed by atoms with E-state index < -0.39 is 11.1 Å². The number of rotatable bonds is 0. The van der Waals surface area contributed by atoms with Gasteiger partial charge in [0, 0.05) is 11.1 Å². The third kappa shape index (κ3) is 1.55. The summed E-state index contributed by atoms with van der Waals surface area (Å²) < 4.78 is 6.23. The quantitative estimate of drug-likeness (QED) is 0.805. The van der Waals surface area contributed by atoms with Crippen molar-refractivity contribution in [2.75, 3.05) is 6.61 Å². The monoisotopic (exact) mass is 279 g/mol. The second-order valence-electron chi connectivity index (χ2n) is 6.40. The van der Waals surface area contributed by atoms with Crippen LogP contribution in [0.1, 0.15) is 25.0 Å². The zero-order valence-electron chi connectivity index (χ0n) is 12.1. The molecule has 106 valence electrons. The first kappa shape index (κ1) is 12.6. The van der Waals surface area contributed by atoms with Crippen molar-refractivity contribution in [3.63, 3.8) is 0 Å². The Morgan fingerprint density at radius 1 is 0.952 bits per heavy atom. The lowest BCUT2D eigenvalue weighted by molar-refractivity contribution is -0.164. The van der Waals surface area contributed by atoms with Gasteiger partial charge in [0.1, 0.15) is 0 Å². The molecule has 1 amide bonds. The Labute approximate surface area is 123 Å². The molecule has 0 saturated carbocycles. The molecular weight excluding hydrogens is 262 g/mol. The molecule has 0 atom stereocenters. The molecule has 0 radical (unpaired) electrons. The molecule has 1 N–H and O–H groups in total. The average molecular weight is 279 g/mol. The fraction of sp³-hybridized carbons (Fsp3) is 0.278. The van der Waals surface area contributed by atoms with Gasteiger partial charge in [-0.2, -0.15) is 0 Å². The summed E-state index contributed by atoms with van der Waals surface area (Å²) in [4.78, 5) is 12.5. The van der Waals surface area contributed by atoms with Crippen molar-refractivity contribution in [1.29, 1.82) is 0 Å². The zero-order chi connectivity index (χ0) is 14.7. The van der Waals surface area contributed by atoms with Crippen LogP contribution in [0.15, 0.2) is 48.5 Å². The second-order valence-corrected chi connectivity index (χ2v) is 6.40. The Morgan fingerprint density at radius 3 is 2.00 bits per heavy atom. The minimum atomic E-state index is -0.834. The fourth-order valence-electron chi connectivity index (χ4n) is 3.20. The number of benzene rings is 2. The standard InChI is InChI=1S/C18H17NO2/c1-17(2)11-21-18(19-16(17)20)14-9-5-3-7-12(14)13-8-4-6-10-15(13)18/h3-10H,11H2,1-2H3,(H,19,20). The first-order valence-corrected chi connectivity index (χ1v) is 7.21. The number of ether oxygens (including phenoxy) is 1. The lowest BCUT2D eigenvalue weighted by atomic mass is 9.88. The molecule has 1 spiro atoms. The predicted octanol–water partition coefficient (Wildman–Crippen LogP) is 3.04. The first-order valence-electron chi connectivity index (χ1n) is 7.21. The third-order valence-electron chi connectivity index (χ3n) is 4.46. The summed E-state index contributed by atoms with van der Waals surface area (Å²) >= 11 is 0. The zero-order valence-corrected chi connectivity index (χ0v) is 12.1. The van der Waals surface area contributed by atoms with E-state index in [0.717, 1.165) is 22.3 Å². The van der Waals surface area contributed by atoms with Crippen molar-refractivity contribution in [3.8, 4) is 11.1 Å². The minimum Gasteiger partial charge on any atom is -0.346 e. The van der Waals surface area contributed by atoms with Gasteiger partial charge in [0.15, 0.2) is 5.72 Å². The molecule has 1 heterocycles. The largest absolute Gasteiger partial charge is 0.346 e. The summed E-state index contributed by atoms with van der Waals surface area (Å²) in [5, 5.41) is 3.13. The molecule has 1 saturated heterocycles. The van der Waals surface area contributed by atoms with Gasteiger partial charge in [0.2, 0.25) is 5.91 Å². The van der Waals surface area contributed by atoms with Gasteiger partial charge in [-0.05, 0) is 25.0 Å². The molecule has 2 aliphatic rings. The molecule has 0 bridgehead atoms. The van der Waals surface area contributed by atoms with Crippen molar-refractivity contribution in [3.05, 3.63) is 59.7 Å². The van der Waals surface area contributed by atoms with Gasteiger partial charge >= 0.3 is 0 Å². The van der Waals surface area contributed by atoms with E-state index in [0.29, 0.717) is 6.61 Å². The van der Waals surface area contributed by atoms with Gasteiger partial charge in [-0.1, -0.05) is 48.5 Å². The van der Waals surface area contributed by atoms with Gasteiger partial charge in [0.05, 0.1) is 12.0 Å². The highest BCUT2D eigenvalue weighted by atomic mass is 16.5. The van der Waals surface area contributed by atoms with E-state index in [2.05, 4.69) is 17.4 Å². The van der Waals surface area contributed by atoms with E-state index in [1.807, 2.05) is 50.2 Å². The normalized spacial score (nSPS) is 20.8. The van der Waals surface area contributed by atoms with Crippen molar-refractivity contribution >= 4 is 5.91 Å². The van der Waals surface area contributed by atoms with E-state index in [9.17, 15) is 4.79 Å². The molecule has 1 aliphatic carbocycles. The lowest BCUT2D eigenvalue weighted by Gasteiger charge is -2.42. The fourth-order valence-corrected chi connectivity index (χ4v) is 3.20. The van der Waals surface area contributed by atoms with Crippen LogP contribution in [0.3, 0.4) is 0 Å². The van der Waals surface area contributed by atoms with Crippen molar-refractivity contribution < 1.29 is 9.53 Å². The van der Waals surface area contributed by atoms with Crippen LogP contribution >= 0.6 is 0 Å². The molecule has 0 unspecified atom stereocenters. The summed E-state index contributed by atoms with van der Waals surface area (Å²) in [6.07, 6.45) is 0. The summed E-state index contributed by atoms with van der Waals surface area (Å²) in [6.45, 7) is 4.21. The molecule has 3 heteroatoms. The number of fused-ring (bicyclic) bond motifs is 5. The summed E-state index contributed by atoms with van der Waals surface area (Å²) in [5.74, 6) is 0.0280. The summed E-state index contributed by atoms with van der Waals surface area (Å²) in [7, 11) is 0. The lowest BCUT2D eigenvalue weighted by Crippen LogP contribution is -2.58. The van der Waals surface area contributed by atoms with E-state index >= 15 is 0 Å². The molecule has 4 rings (SSSR count). The second kappa shape index (κ2) is 3.95. The van der Waals surface area contributed by atoms with Crippen LogP contribution in [0, 0.1) is 5.41 Å². The molecule has 2 aromatic rings. The van der Waals surface area contributed by atoms with Crippen LogP contribution in [0.25, 0.3) is 11.1 Å². The van der Waals surface area contributed by atoms with Crippen LogP contribution in [0.4, 0.5) is 0 Å². The number of carbonyl (C=O) groups is 1. The molecular formula is C18H17NO2. The smallest absolute Gasteiger partial charge is 0.230 e.